The van der Waals surface area contributed by atoms with Gasteiger partial charge in [0.2, 0.25) is 0 Å². The van der Waals surface area contributed by atoms with E-state index in [4.69, 9.17) is 4.74 Å². The number of hydrogen-bond acceptors (Lipinski definition) is 3. The predicted molar refractivity (Wildman–Crippen MR) is 51.8 cm³/mol. The fraction of sp³-hybridized carbons (Fsp3) is 0.900. The maximum Gasteiger partial charge on any atom is 0.143 e. The summed E-state index contributed by atoms with van der Waals surface area (Å²) in [5, 5.41) is 0. The molecule has 0 aromatic heterocycles. The minimum atomic E-state index is 0.243. The average molecular weight is 185 g/mol. The molecule has 0 spiro atoms. The molecule has 1 heterocycles. The minimum absolute atomic E-state index is 0.243. The quantitative estimate of drug-likeness (QED) is 0.580. The highest BCUT2D eigenvalue weighted by Crippen LogP contribution is 2.11. The van der Waals surface area contributed by atoms with E-state index in [-0.39, 0.29) is 5.78 Å². The number of hydrogen-bond donors (Lipinski definition) is 0. The second kappa shape index (κ2) is 5.35. The van der Waals surface area contributed by atoms with Gasteiger partial charge in [-0.1, -0.05) is 13.3 Å². The van der Waals surface area contributed by atoms with Crippen molar-refractivity contribution in [1.82, 2.24) is 4.90 Å². The summed E-state index contributed by atoms with van der Waals surface area (Å²) >= 11 is 0. The monoisotopic (exact) mass is 185 g/mol. The number of unbranched alkanes of at least 4 members (excludes halogenated alkanes) is 1. The zero-order valence-corrected chi connectivity index (χ0v) is 8.58. The summed E-state index contributed by atoms with van der Waals surface area (Å²) < 4.78 is 5.58. The Bertz CT molecular complexity index is 164. The molecule has 1 rings (SSSR count). The van der Waals surface area contributed by atoms with Crippen molar-refractivity contribution in [3.63, 3.8) is 0 Å². The number of carbonyl (C=O) groups is 1. The number of likely N-dealkylation sites (tertiary alicyclic amines) is 1. The molecule has 1 fully saturated rings. The van der Waals surface area contributed by atoms with Crippen molar-refractivity contribution in [1.29, 1.82) is 0 Å². The molecule has 0 N–H and O–H groups in total. The molecule has 1 aliphatic rings. The molecular weight excluding hydrogens is 166 g/mol. The van der Waals surface area contributed by atoms with Crippen molar-refractivity contribution in [2.24, 2.45) is 0 Å². The summed E-state index contributed by atoms with van der Waals surface area (Å²) in [7, 11) is 0. The molecule has 0 aliphatic carbocycles. The van der Waals surface area contributed by atoms with Crippen LogP contribution in [0.1, 0.15) is 26.7 Å². The van der Waals surface area contributed by atoms with Crippen LogP contribution in [0.5, 0.6) is 0 Å². The third-order valence-electron chi connectivity index (χ3n) is 2.22. The second-order valence-corrected chi connectivity index (χ2v) is 3.74. The normalized spacial score (nSPS) is 18.6. The van der Waals surface area contributed by atoms with Crippen LogP contribution in [0, 0.1) is 0 Å². The van der Waals surface area contributed by atoms with E-state index in [0.29, 0.717) is 12.6 Å². The molecule has 0 bridgehead atoms. The Hall–Kier alpha value is -0.410. The molecule has 0 atom stereocenters. The maximum atomic E-state index is 10.7. The van der Waals surface area contributed by atoms with Crippen LogP contribution in [0.3, 0.4) is 0 Å². The highest BCUT2D eigenvalue weighted by Gasteiger charge is 2.27. The first-order valence-corrected chi connectivity index (χ1v) is 5.05. The van der Waals surface area contributed by atoms with Crippen LogP contribution in [-0.4, -0.2) is 43.0 Å². The minimum Gasteiger partial charge on any atom is -0.376 e. The summed E-state index contributed by atoms with van der Waals surface area (Å²) in [5.41, 5.74) is 0. The standard InChI is InChI=1S/C10H19NO2/c1-3-4-5-13-10-7-11(8-10)6-9(2)12/h10H,3-8H2,1-2H3. The van der Waals surface area contributed by atoms with E-state index in [2.05, 4.69) is 11.8 Å². The lowest BCUT2D eigenvalue weighted by molar-refractivity contribution is -0.122. The van der Waals surface area contributed by atoms with Gasteiger partial charge in [0.1, 0.15) is 5.78 Å². The first kappa shape index (κ1) is 10.7. The number of ether oxygens (including phenoxy) is 1. The van der Waals surface area contributed by atoms with Gasteiger partial charge < -0.3 is 4.74 Å². The molecule has 0 unspecified atom stereocenters. The van der Waals surface area contributed by atoms with E-state index in [1.165, 1.54) is 6.42 Å². The number of carbonyl (C=O) groups excluding carboxylic acids is 1. The van der Waals surface area contributed by atoms with Gasteiger partial charge in [0.05, 0.1) is 12.6 Å². The lowest BCUT2D eigenvalue weighted by Gasteiger charge is -2.38. The zero-order valence-electron chi connectivity index (χ0n) is 8.58. The van der Waals surface area contributed by atoms with Gasteiger partial charge in [0, 0.05) is 19.7 Å². The third-order valence-corrected chi connectivity index (χ3v) is 2.22. The predicted octanol–water partition coefficient (Wildman–Crippen LogP) is 1.08. The van der Waals surface area contributed by atoms with Crippen LogP contribution in [-0.2, 0) is 9.53 Å². The van der Waals surface area contributed by atoms with Crippen molar-refractivity contribution in [3.05, 3.63) is 0 Å². The number of rotatable bonds is 6. The first-order chi connectivity index (χ1) is 6.22. The van der Waals surface area contributed by atoms with Gasteiger partial charge in [-0.15, -0.1) is 0 Å². The van der Waals surface area contributed by atoms with E-state index in [1.54, 1.807) is 6.92 Å². The smallest absolute Gasteiger partial charge is 0.143 e. The van der Waals surface area contributed by atoms with Crippen molar-refractivity contribution in [2.75, 3.05) is 26.2 Å². The zero-order chi connectivity index (χ0) is 9.68. The van der Waals surface area contributed by atoms with Crippen LogP contribution < -0.4 is 0 Å². The van der Waals surface area contributed by atoms with Gasteiger partial charge in [0.15, 0.2) is 0 Å². The highest BCUT2D eigenvalue weighted by molar-refractivity contribution is 5.77. The number of nitrogens with zero attached hydrogens (tertiary/aromatic N) is 1. The fourth-order valence-corrected chi connectivity index (χ4v) is 1.47. The molecule has 3 nitrogen and oxygen atoms in total. The van der Waals surface area contributed by atoms with E-state index < -0.39 is 0 Å². The molecule has 0 amide bonds. The molecule has 0 saturated carbocycles. The van der Waals surface area contributed by atoms with Crippen molar-refractivity contribution in [3.8, 4) is 0 Å². The van der Waals surface area contributed by atoms with Crippen molar-refractivity contribution >= 4 is 5.78 Å². The summed E-state index contributed by atoms with van der Waals surface area (Å²) in [5.74, 6) is 0.243. The van der Waals surface area contributed by atoms with Gasteiger partial charge in [0.25, 0.3) is 0 Å². The van der Waals surface area contributed by atoms with Crippen molar-refractivity contribution in [2.45, 2.75) is 32.8 Å². The van der Waals surface area contributed by atoms with E-state index in [9.17, 15) is 4.79 Å². The topological polar surface area (TPSA) is 29.5 Å². The molecule has 0 aromatic rings. The molecule has 13 heavy (non-hydrogen) atoms. The Morgan fingerprint density at radius 1 is 1.54 bits per heavy atom. The van der Waals surface area contributed by atoms with Crippen LogP contribution in [0.4, 0.5) is 0 Å². The first-order valence-electron chi connectivity index (χ1n) is 5.05. The fourth-order valence-electron chi connectivity index (χ4n) is 1.47. The Balaban J connectivity index is 1.95. The molecule has 76 valence electrons. The average Bonchev–Trinajstić information content (AvgIpc) is 1.99. The maximum absolute atomic E-state index is 10.7. The number of ketones is 1. The van der Waals surface area contributed by atoms with Gasteiger partial charge in [-0.2, -0.15) is 0 Å². The molecular formula is C10H19NO2. The van der Waals surface area contributed by atoms with E-state index >= 15 is 0 Å². The van der Waals surface area contributed by atoms with Gasteiger partial charge in [-0.05, 0) is 13.3 Å². The van der Waals surface area contributed by atoms with E-state index in [1.807, 2.05) is 0 Å². The largest absolute Gasteiger partial charge is 0.376 e. The van der Waals surface area contributed by atoms with Gasteiger partial charge in [-0.3, -0.25) is 9.69 Å². The summed E-state index contributed by atoms with van der Waals surface area (Å²) in [4.78, 5) is 12.9. The summed E-state index contributed by atoms with van der Waals surface area (Å²) in [6.45, 7) is 7.12. The van der Waals surface area contributed by atoms with E-state index in [0.717, 1.165) is 26.1 Å². The lowest BCUT2D eigenvalue weighted by Crippen LogP contribution is -2.53. The number of Topliss-reactive ketones (excluding diaryl/α,β-unsaturated/α-hetero) is 1. The lowest BCUT2D eigenvalue weighted by atomic mass is 10.1. The van der Waals surface area contributed by atoms with Crippen LogP contribution in [0.15, 0.2) is 0 Å². The summed E-state index contributed by atoms with van der Waals surface area (Å²) in [6.07, 6.45) is 2.71. The third kappa shape index (κ3) is 3.87. The molecule has 0 aromatic carbocycles. The SMILES string of the molecule is CCCCOC1CN(CC(C)=O)C1. The second-order valence-electron chi connectivity index (χ2n) is 3.74. The van der Waals surface area contributed by atoms with Crippen molar-refractivity contribution < 1.29 is 9.53 Å². The molecule has 3 heteroatoms. The molecule has 0 radical (unpaired) electrons. The Morgan fingerprint density at radius 3 is 2.77 bits per heavy atom. The molecule has 1 saturated heterocycles. The van der Waals surface area contributed by atoms with Crippen LogP contribution >= 0.6 is 0 Å². The highest BCUT2D eigenvalue weighted by atomic mass is 16.5. The Morgan fingerprint density at radius 2 is 2.23 bits per heavy atom. The van der Waals surface area contributed by atoms with Gasteiger partial charge >= 0.3 is 0 Å². The van der Waals surface area contributed by atoms with Gasteiger partial charge in [-0.25, -0.2) is 0 Å². The summed E-state index contributed by atoms with van der Waals surface area (Å²) in [6, 6.07) is 0. The van der Waals surface area contributed by atoms with Crippen LogP contribution in [0.25, 0.3) is 0 Å². The Kier molecular flexibility index (Phi) is 4.39. The molecule has 1 aliphatic heterocycles. The van der Waals surface area contributed by atoms with Crippen LogP contribution in [0.2, 0.25) is 0 Å². The Labute approximate surface area is 80.1 Å².